The van der Waals surface area contributed by atoms with E-state index >= 15 is 0 Å². The van der Waals surface area contributed by atoms with Crippen molar-refractivity contribution < 1.29 is 0 Å². The summed E-state index contributed by atoms with van der Waals surface area (Å²) in [4.78, 5) is 6.73. The summed E-state index contributed by atoms with van der Waals surface area (Å²) in [6, 6.07) is 2.87. The highest BCUT2D eigenvalue weighted by molar-refractivity contribution is 5.70. The maximum Gasteiger partial charge on any atom is 0.0790 e. The van der Waals surface area contributed by atoms with E-state index < -0.39 is 0 Å². The molecule has 0 saturated heterocycles. The van der Waals surface area contributed by atoms with Gasteiger partial charge in [-0.1, -0.05) is 0 Å². The van der Waals surface area contributed by atoms with Crippen LogP contribution in [0.25, 0.3) is 0 Å². The number of nitrogens with zero attached hydrogens (tertiary/aromatic N) is 2. The van der Waals surface area contributed by atoms with Gasteiger partial charge in [0.2, 0.25) is 0 Å². The lowest BCUT2D eigenvalue weighted by molar-refractivity contribution is 0.759. The third-order valence-electron chi connectivity index (χ3n) is 2.99. The average Bonchev–Trinajstić information content (AvgIpc) is 3.03. The van der Waals surface area contributed by atoms with E-state index in [0.717, 1.165) is 12.6 Å². The molecule has 0 radical (unpaired) electrons. The molecule has 2 aliphatic rings. The molecule has 3 rings (SSSR count). The molecule has 3 heteroatoms. The van der Waals surface area contributed by atoms with Crippen molar-refractivity contribution in [3.63, 3.8) is 0 Å². The van der Waals surface area contributed by atoms with Crippen LogP contribution in [-0.2, 0) is 0 Å². The van der Waals surface area contributed by atoms with E-state index in [9.17, 15) is 0 Å². The van der Waals surface area contributed by atoms with Crippen LogP contribution in [0.1, 0.15) is 19.3 Å². The van der Waals surface area contributed by atoms with Crippen LogP contribution < -0.4 is 10.2 Å². The molecule has 0 bridgehead atoms. The van der Waals surface area contributed by atoms with Crippen molar-refractivity contribution in [1.29, 1.82) is 0 Å². The Morgan fingerprint density at radius 1 is 1.43 bits per heavy atom. The number of pyridine rings is 1. The van der Waals surface area contributed by atoms with E-state index in [-0.39, 0.29) is 0 Å². The third kappa shape index (κ3) is 1.33. The summed E-state index contributed by atoms with van der Waals surface area (Å²) in [5.74, 6) is 0. The minimum atomic E-state index is 0.790. The second kappa shape index (κ2) is 3.15. The molecule has 1 aliphatic carbocycles. The topological polar surface area (TPSA) is 28.2 Å². The monoisotopic (exact) mass is 189 g/mol. The molecule has 1 N–H and O–H groups in total. The number of fused-ring (bicyclic) bond motifs is 1. The number of rotatable bonds is 1. The maximum atomic E-state index is 4.22. The van der Waals surface area contributed by atoms with Gasteiger partial charge < -0.3 is 10.2 Å². The summed E-state index contributed by atoms with van der Waals surface area (Å²) in [6.07, 6.45) is 7.79. The Balaban J connectivity index is 1.99. The van der Waals surface area contributed by atoms with E-state index in [2.05, 4.69) is 21.3 Å². The number of aromatic nitrogens is 1. The minimum Gasteiger partial charge on any atom is -0.383 e. The predicted octanol–water partition coefficient (Wildman–Crippen LogP) is 1.87. The van der Waals surface area contributed by atoms with Crippen molar-refractivity contribution in [2.45, 2.75) is 25.3 Å². The molecular weight excluding hydrogens is 174 g/mol. The van der Waals surface area contributed by atoms with Gasteiger partial charge in [-0.15, -0.1) is 0 Å². The quantitative estimate of drug-likeness (QED) is 0.731. The van der Waals surface area contributed by atoms with E-state index in [0.29, 0.717) is 0 Å². The molecule has 14 heavy (non-hydrogen) atoms. The first-order valence-corrected chi connectivity index (χ1v) is 5.40. The molecule has 1 aromatic rings. The third-order valence-corrected chi connectivity index (χ3v) is 2.99. The Kier molecular flexibility index (Phi) is 1.82. The van der Waals surface area contributed by atoms with Crippen molar-refractivity contribution in [2.75, 3.05) is 23.3 Å². The fourth-order valence-electron chi connectivity index (χ4n) is 2.12. The van der Waals surface area contributed by atoms with Gasteiger partial charge in [0.1, 0.15) is 0 Å². The maximum absolute atomic E-state index is 4.22. The molecule has 74 valence electrons. The smallest absolute Gasteiger partial charge is 0.0790 e. The van der Waals surface area contributed by atoms with E-state index in [4.69, 9.17) is 0 Å². The zero-order valence-electron chi connectivity index (χ0n) is 8.24. The number of hydrogen-bond acceptors (Lipinski definition) is 3. The van der Waals surface area contributed by atoms with Gasteiger partial charge in [0.15, 0.2) is 0 Å². The Hall–Kier alpha value is -1.25. The van der Waals surface area contributed by atoms with E-state index in [1.807, 2.05) is 12.4 Å². The highest BCUT2D eigenvalue weighted by atomic mass is 15.2. The van der Waals surface area contributed by atoms with Gasteiger partial charge in [-0.3, -0.25) is 4.98 Å². The summed E-state index contributed by atoms with van der Waals surface area (Å²) in [5, 5.41) is 3.46. The number of anilines is 2. The first-order chi connectivity index (χ1) is 6.95. The molecule has 1 saturated carbocycles. The summed E-state index contributed by atoms with van der Waals surface area (Å²) >= 11 is 0. The molecule has 0 spiro atoms. The molecule has 3 nitrogen and oxygen atoms in total. The molecule has 1 fully saturated rings. The second-order valence-electron chi connectivity index (χ2n) is 4.10. The van der Waals surface area contributed by atoms with Crippen LogP contribution in [0.5, 0.6) is 0 Å². The largest absolute Gasteiger partial charge is 0.383 e. The molecular formula is C11H15N3. The summed E-state index contributed by atoms with van der Waals surface area (Å²) in [5.41, 5.74) is 2.55. The Morgan fingerprint density at radius 2 is 2.36 bits per heavy atom. The van der Waals surface area contributed by atoms with Crippen LogP contribution in [0.4, 0.5) is 11.4 Å². The van der Waals surface area contributed by atoms with Crippen LogP contribution >= 0.6 is 0 Å². The van der Waals surface area contributed by atoms with Crippen molar-refractivity contribution in [1.82, 2.24) is 4.98 Å². The second-order valence-corrected chi connectivity index (χ2v) is 4.10. The summed E-state index contributed by atoms with van der Waals surface area (Å²) in [6.45, 7) is 2.26. The predicted molar refractivity (Wildman–Crippen MR) is 57.7 cm³/mol. The Labute approximate surface area is 84.1 Å². The fraction of sp³-hybridized carbons (Fsp3) is 0.545. The van der Waals surface area contributed by atoms with Gasteiger partial charge in [0, 0.05) is 25.3 Å². The van der Waals surface area contributed by atoms with Crippen LogP contribution in [-0.4, -0.2) is 24.1 Å². The van der Waals surface area contributed by atoms with Gasteiger partial charge in [-0.25, -0.2) is 0 Å². The lowest BCUT2D eigenvalue weighted by atomic mass is 10.3. The van der Waals surface area contributed by atoms with Gasteiger partial charge in [0.25, 0.3) is 0 Å². The average molecular weight is 189 g/mol. The summed E-state index contributed by atoms with van der Waals surface area (Å²) in [7, 11) is 0. The van der Waals surface area contributed by atoms with Crippen molar-refractivity contribution in [3.05, 3.63) is 18.5 Å². The van der Waals surface area contributed by atoms with Crippen LogP contribution in [0.2, 0.25) is 0 Å². The van der Waals surface area contributed by atoms with Gasteiger partial charge in [-0.05, 0) is 25.3 Å². The Bertz CT molecular complexity index is 333. The standard InChI is InChI=1S/C11H15N3/c1-5-13-10-4-6-12-8-11(10)14(7-1)9-2-3-9/h4,6,8-9,13H,1-3,5,7H2. The fourth-order valence-corrected chi connectivity index (χ4v) is 2.12. The first-order valence-electron chi connectivity index (χ1n) is 5.40. The SMILES string of the molecule is c1cc2c(cn1)N(C1CC1)CCCN2. The lowest BCUT2D eigenvalue weighted by Crippen LogP contribution is -2.26. The molecule has 1 aromatic heterocycles. The van der Waals surface area contributed by atoms with Crippen LogP contribution in [0.15, 0.2) is 18.5 Å². The normalized spacial score (nSPS) is 21.0. The van der Waals surface area contributed by atoms with Crippen LogP contribution in [0, 0.1) is 0 Å². The zero-order valence-corrected chi connectivity index (χ0v) is 8.24. The molecule has 1 aliphatic heterocycles. The lowest BCUT2D eigenvalue weighted by Gasteiger charge is -2.23. The van der Waals surface area contributed by atoms with Crippen LogP contribution in [0.3, 0.4) is 0 Å². The van der Waals surface area contributed by atoms with Crippen molar-refractivity contribution in [3.8, 4) is 0 Å². The van der Waals surface area contributed by atoms with Gasteiger partial charge in [-0.2, -0.15) is 0 Å². The molecule has 0 amide bonds. The number of hydrogen-bond donors (Lipinski definition) is 1. The zero-order chi connectivity index (χ0) is 9.38. The van der Waals surface area contributed by atoms with Crippen molar-refractivity contribution in [2.24, 2.45) is 0 Å². The number of nitrogens with one attached hydrogen (secondary N) is 1. The minimum absolute atomic E-state index is 0.790. The molecule has 0 atom stereocenters. The van der Waals surface area contributed by atoms with Gasteiger partial charge in [0.05, 0.1) is 17.6 Å². The van der Waals surface area contributed by atoms with Gasteiger partial charge >= 0.3 is 0 Å². The Morgan fingerprint density at radius 3 is 3.21 bits per heavy atom. The van der Waals surface area contributed by atoms with Crippen molar-refractivity contribution >= 4 is 11.4 Å². The summed E-state index contributed by atoms with van der Waals surface area (Å²) < 4.78 is 0. The van der Waals surface area contributed by atoms with E-state index in [1.165, 1.54) is 37.2 Å². The highest BCUT2D eigenvalue weighted by Crippen LogP contribution is 2.36. The highest BCUT2D eigenvalue weighted by Gasteiger charge is 2.31. The molecule has 0 unspecified atom stereocenters. The molecule has 0 aromatic carbocycles. The van der Waals surface area contributed by atoms with E-state index in [1.54, 1.807) is 0 Å². The first kappa shape index (κ1) is 8.09. The molecule has 2 heterocycles.